The minimum absolute atomic E-state index is 0. The fourth-order valence-electron chi connectivity index (χ4n) is 2.51. The lowest BCUT2D eigenvalue weighted by atomic mass is 10.1. The first-order valence-corrected chi connectivity index (χ1v) is 6.43. The minimum Gasteiger partial charge on any atom is -0.325 e. The van der Waals surface area contributed by atoms with E-state index < -0.39 is 0 Å². The van der Waals surface area contributed by atoms with Crippen LogP contribution in [0.3, 0.4) is 0 Å². The summed E-state index contributed by atoms with van der Waals surface area (Å²) in [6.07, 6.45) is 3.31. The molecule has 4 heteroatoms. The number of halogens is 1. The van der Waals surface area contributed by atoms with Crippen molar-refractivity contribution in [3.8, 4) is 11.4 Å². The van der Waals surface area contributed by atoms with E-state index in [1.54, 1.807) is 0 Å². The Morgan fingerprint density at radius 1 is 1.11 bits per heavy atom. The highest BCUT2D eigenvalue weighted by atomic mass is 35.5. The number of hydrogen-bond acceptors (Lipinski definition) is 3. The second-order valence-electron chi connectivity index (χ2n) is 4.84. The molecule has 2 aromatic rings. The lowest BCUT2D eigenvalue weighted by Crippen LogP contribution is -2.08. The normalized spacial score (nSPS) is 12.9. The van der Waals surface area contributed by atoms with E-state index in [2.05, 4.69) is 36.2 Å². The van der Waals surface area contributed by atoms with Crippen molar-refractivity contribution in [3.05, 3.63) is 46.8 Å². The predicted octanol–water partition coefficient (Wildman–Crippen LogP) is 2.82. The van der Waals surface area contributed by atoms with Crippen LogP contribution in [0.1, 0.15) is 28.9 Å². The van der Waals surface area contributed by atoms with Gasteiger partial charge in [-0.1, -0.05) is 29.8 Å². The van der Waals surface area contributed by atoms with Crippen molar-refractivity contribution >= 4 is 12.4 Å². The lowest BCUT2D eigenvalue weighted by Gasteiger charge is -2.08. The van der Waals surface area contributed by atoms with Crippen molar-refractivity contribution in [2.75, 3.05) is 0 Å². The zero-order chi connectivity index (χ0) is 12.5. The van der Waals surface area contributed by atoms with Gasteiger partial charge in [-0.05, 0) is 31.7 Å². The Bertz CT molecular complexity index is 579. The van der Waals surface area contributed by atoms with Gasteiger partial charge in [-0.25, -0.2) is 9.97 Å². The number of rotatable bonds is 2. The molecule has 0 aliphatic heterocycles. The zero-order valence-corrected chi connectivity index (χ0v) is 11.8. The number of benzene rings is 1. The number of hydrogen-bond donors (Lipinski definition) is 1. The molecule has 3 nitrogen and oxygen atoms in total. The smallest absolute Gasteiger partial charge is 0.159 e. The van der Waals surface area contributed by atoms with E-state index in [9.17, 15) is 0 Å². The fraction of sp³-hybridized carbons (Fsp3) is 0.333. The van der Waals surface area contributed by atoms with Gasteiger partial charge in [-0.3, -0.25) is 0 Å². The Morgan fingerprint density at radius 2 is 1.84 bits per heavy atom. The van der Waals surface area contributed by atoms with Gasteiger partial charge >= 0.3 is 0 Å². The van der Waals surface area contributed by atoms with Gasteiger partial charge in [0.2, 0.25) is 0 Å². The monoisotopic (exact) mass is 275 g/mol. The maximum Gasteiger partial charge on any atom is 0.159 e. The summed E-state index contributed by atoms with van der Waals surface area (Å²) in [5.41, 5.74) is 11.6. The van der Waals surface area contributed by atoms with Crippen LogP contribution in [0, 0.1) is 6.92 Å². The molecule has 0 saturated heterocycles. The van der Waals surface area contributed by atoms with Gasteiger partial charge in [-0.15, -0.1) is 12.4 Å². The van der Waals surface area contributed by atoms with Crippen molar-refractivity contribution < 1.29 is 0 Å². The lowest BCUT2D eigenvalue weighted by molar-refractivity contribution is 0.892. The average Bonchev–Trinajstić information content (AvgIpc) is 2.86. The molecule has 1 heterocycles. The maximum atomic E-state index is 5.80. The number of aromatic nitrogens is 2. The molecule has 19 heavy (non-hydrogen) atoms. The first-order chi connectivity index (χ1) is 8.78. The third kappa shape index (κ3) is 2.62. The number of aryl methyl sites for hydroxylation is 2. The van der Waals surface area contributed by atoms with Crippen LogP contribution in [-0.4, -0.2) is 9.97 Å². The summed E-state index contributed by atoms with van der Waals surface area (Å²) in [5, 5.41) is 0. The summed E-state index contributed by atoms with van der Waals surface area (Å²) in [6.45, 7) is 2.59. The summed E-state index contributed by atoms with van der Waals surface area (Å²) in [7, 11) is 0. The molecular formula is C15H18ClN3. The van der Waals surface area contributed by atoms with Crippen molar-refractivity contribution in [2.24, 2.45) is 5.73 Å². The van der Waals surface area contributed by atoms with Gasteiger partial charge in [-0.2, -0.15) is 0 Å². The molecule has 0 atom stereocenters. The van der Waals surface area contributed by atoms with Crippen molar-refractivity contribution in [2.45, 2.75) is 32.7 Å². The van der Waals surface area contributed by atoms with Gasteiger partial charge in [0.05, 0.1) is 5.69 Å². The zero-order valence-electron chi connectivity index (χ0n) is 11.0. The topological polar surface area (TPSA) is 51.8 Å². The van der Waals surface area contributed by atoms with E-state index in [1.807, 2.05) is 0 Å². The van der Waals surface area contributed by atoms with Crippen molar-refractivity contribution in [1.82, 2.24) is 9.97 Å². The van der Waals surface area contributed by atoms with Crippen LogP contribution in [0.15, 0.2) is 24.3 Å². The van der Waals surface area contributed by atoms with E-state index >= 15 is 0 Å². The molecule has 1 aliphatic rings. The summed E-state index contributed by atoms with van der Waals surface area (Å²) < 4.78 is 0. The molecule has 0 amide bonds. The highest BCUT2D eigenvalue weighted by Crippen LogP contribution is 2.26. The SMILES string of the molecule is Cc1ccc(-c2nc(CN)c3c(n2)CCC3)cc1.Cl. The highest BCUT2D eigenvalue weighted by Gasteiger charge is 2.18. The number of nitrogens with two attached hydrogens (primary N) is 1. The van der Waals surface area contributed by atoms with Gasteiger partial charge in [0.1, 0.15) is 0 Å². The molecule has 0 fully saturated rings. The Labute approximate surface area is 119 Å². The highest BCUT2D eigenvalue weighted by molar-refractivity contribution is 5.85. The predicted molar refractivity (Wildman–Crippen MR) is 79.4 cm³/mol. The van der Waals surface area contributed by atoms with Crippen LogP contribution >= 0.6 is 12.4 Å². The van der Waals surface area contributed by atoms with Crippen molar-refractivity contribution in [3.63, 3.8) is 0 Å². The second kappa shape index (κ2) is 5.68. The van der Waals surface area contributed by atoms with Crippen LogP contribution in [0.2, 0.25) is 0 Å². The molecule has 0 radical (unpaired) electrons. The first-order valence-electron chi connectivity index (χ1n) is 6.43. The molecule has 3 rings (SSSR count). The molecule has 0 spiro atoms. The molecule has 1 aromatic heterocycles. The summed E-state index contributed by atoms with van der Waals surface area (Å²) in [5.74, 6) is 0.816. The summed E-state index contributed by atoms with van der Waals surface area (Å²) in [6, 6.07) is 8.33. The molecule has 100 valence electrons. The molecule has 1 aliphatic carbocycles. The molecular weight excluding hydrogens is 258 g/mol. The molecule has 2 N–H and O–H groups in total. The number of fused-ring (bicyclic) bond motifs is 1. The summed E-state index contributed by atoms with van der Waals surface area (Å²) in [4.78, 5) is 9.32. The fourth-order valence-corrected chi connectivity index (χ4v) is 2.51. The largest absolute Gasteiger partial charge is 0.325 e. The van der Waals surface area contributed by atoms with E-state index in [1.165, 1.54) is 23.2 Å². The van der Waals surface area contributed by atoms with Gasteiger partial charge in [0.15, 0.2) is 5.82 Å². The molecule has 0 bridgehead atoms. The molecule has 1 aromatic carbocycles. The van der Waals surface area contributed by atoms with Crippen LogP contribution in [0.5, 0.6) is 0 Å². The van der Waals surface area contributed by atoms with Crippen LogP contribution in [0.4, 0.5) is 0 Å². The van der Waals surface area contributed by atoms with E-state index in [-0.39, 0.29) is 12.4 Å². The van der Waals surface area contributed by atoms with E-state index in [0.717, 1.165) is 29.9 Å². The first kappa shape index (κ1) is 14.0. The quantitative estimate of drug-likeness (QED) is 0.917. The van der Waals surface area contributed by atoms with E-state index in [0.29, 0.717) is 6.54 Å². The maximum absolute atomic E-state index is 5.80. The third-order valence-electron chi connectivity index (χ3n) is 3.52. The van der Waals surface area contributed by atoms with Gasteiger partial charge in [0, 0.05) is 17.8 Å². The minimum atomic E-state index is 0. The Kier molecular flexibility index (Phi) is 4.17. The second-order valence-corrected chi connectivity index (χ2v) is 4.84. The Morgan fingerprint density at radius 3 is 2.53 bits per heavy atom. The van der Waals surface area contributed by atoms with Gasteiger partial charge in [0.25, 0.3) is 0 Å². The third-order valence-corrected chi connectivity index (χ3v) is 3.52. The summed E-state index contributed by atoms with van der Waals surface area (Å²) >= 11 is 0. The van der Waals surface area contributed by atoms with E-state index in [4.69, 9.17) is 10.7 Å². The van der Waals surface area contributed by atoms with Gasteiger partial charge < -0.3 is 5.73 Å². The molecule has 0 saturated carbocycles. The number of nitrogens with zero attached hydrogens (tertiary/aromatic N) is 2. The Balaban J connectivity index is 0.00000133. The molecule has 0 unspecified atom stereocenters. The van der Waals surface area contributed by atoms with Crippen LogP contribution in [-0.2, 0) is 19.4 Å². The van der Waals surface area contributed by atoms with Crippen molar-refractivity contribution in [1.29, 1.82) is 0 Å². The standard InChI is InChI=1S/C15H17N3.ClH/c1-10-5-7-11(8-6-10)15-17-13-4-2-3-12(13)14(9-16)18-15;/h5-8H,2-4,9,16H2,1H3;1H. The van der Waals surface area contributed by atoms with Crippen LogP contribution < -0.4 is 5.73 Å². The average molecular weight is 276 g/mol. The van der Waals surface area contributed by atoms with Crippen LogP contribution in [0.25, 0.3) is 11.4 Å². The Hall–Kier alpha value is -1.45.